The summed E-state index contributed by atoms with van der Waals surface area (Å²) in [7, 11) is -1.54. The van der Waals surface area contributed by atoms with E-state index < -0.39 is 10.0 Å². The Bertz CT molecular complexity index is 836. The molecule has 5 nitrogen and oxygen atoms in total. The molecule has 0 spiro atoms. The lowest BCUT2D eigenvalue weighted by Gasteiger charge is -2.31. The monoisotopic (exact) mass is 430 g/mol. The van der Waals surface area contributed by atoms with Crippen molar-refractivity contribution in [1.82, 2.24) is 9.62 Å². The number of benzene rings is 2. The van der Waals surface area contributed by atoms with Crippen LogP contribution in [0.1, 0.15) is 12.8 Å². The Labute approximate surface area is 172 Å². The van der Waals surface area contributed by atoms with E-state index in [0.29, 0.717) is 35.5 Å². The molecule has 1 heterocycles. The van der Waals surface area contributed by atoms with Crippen LogP contribution in [0.5, 0.6) is 11.5 Å². The highest BCUT2D eigenvalue weighted by molar-refractivity contribution is 7.89. The van der Waals surface area contributed by atoms with Crippen molar-refractivity contribution in [2.24, 2.45) is 5.92 Å². The van der Waals surface area contributed by atoms with Crippen molar-refractivity contribution in [1.29, 1.82) is 0 Å². The molecule has 0 aliphatic carbocycles. The van der Waals surface area contributed by atoms with Gasteiger partial charge >= 0.3 is 0 Å². The summed E-state index contributed by atoms with van der Waals surface area (Å²) in [6.45, 7) is 2.06. The van der Waals surface area contributed by atoms with Gasteiger partial charge in [0, 0.05) is 13.1 Å². The van der Waals surface area contributed by atoms with E-state index in [-0.39, 0.29) is 17.3 Å². The van der Waals surface area contributed by atoms with Crippen LogP contribution in [0.4, 0.5) is 0 Å². The normalized spacial score (nSPS) is 15.9. The lowest BCUT2D eigenvalue weighted by molar-refractivity contribution is 0.270. The Hall–Kier alpha value is -1.31. The van der Waals surface area contributed by atoms with Gasteiger partial charge in [-0.2, -0.15) is 4.31 Å². The predicted molar refractivity (Wildman–Crippen MR) is 111 cm³/mol. The van der Waals surface area contributed by atoms with Crippen LogP contribution >= 0.6 is 24.0 Å². The van der Waals surface area contributed by atoms with Gasteiger partial charge < -0.3 is 10.1 Å². The maximum absolute atomic E-state index is 12.8. The predicted octanol–water partition coefficient (Wildman–Crippen LogP) is 4.17. The summed E-state index contributed by atoms with van der Waals surface area (Å²) in [5, 5.41) is 3.67. The number of piperidine rings is 1. The van der Waals surface area contributed by atoms with Crippen LogP contribution in [0.2, 0.25) is 5.02 Å². The Morgan fingerprint density at radius 1 is 1.11 bits per heavy atom. The minimum Gasteiger partial charge on any atom is -0.456 e. The molecule has 1 fully saturated rings. The van der Waals surface area contributed by atoms with Crippen LogP contribution in [0.25, 0.3) is 0 Å². The molecule has 1 saturated heterocycles. The van der Waals surface area contributed by atoms with Crippen molar-refractivity contribution in [2.75, 3.05) is 26.7 Å². The third kappa shape index (κ3) is 5.36. The van der Waals surface area contributed by atoms with Gasteiger partial charge in [-0.05, 0) is 68.8 Å². The highest BCUT2D eigenvalue weighted by Crippen LogP contribution is 2.30. The summed E-state index contributed by atoms with van der Waals surface area (Å²) in [6, 6.07) is 13.6. The second-order valence-corrected chi connectivity index (χ2v) is 8.75. The summed E-state index contributed by atoms with van der Waals surface area (Å²) < 4.78 is 32.9. The lowest BCUT2D eigenvalue weighted by Crippen LogP contribution is -2.40. The van der Waals surface area contributed by atoms with Crippen molar-refractivity contribution in [2.45, 2.75) is 17.7 Å². The van der Waals surface area contributed by atoms with Crippen LogP contribution in [0, 0.1) is 5.92 Å². The highest BCUT2D eigenvalue weighted by atomic mass is 35.5. The first-order chi connectivity index (χ1) is 12.5. The minimum absolute atomic E-state index is 0. The van der Waals surface area contributed by atoms with Gasteiger partial charge in [0.1, 0.15) is 11.5 Å². The molecule has 27 heavy (non-hydrogen) atoms. The molecule has 1 N–H and O–H groups in total. The number of sulfonamides is 1. The van der Waals surface area contributed by atoms with Crippen molar-refractivity contribution in [3.63, 3.8) is 0 Å². The van der Waals surface area contributed by atoms with E-state index in [4.69, 9.17) is 16.3 Å². The van der Waals surface area contributed by atoms with E-state index in [2.05, 4.69) is 5.32 Å². The maximum atomic E-state index is 12.8. The van der Waals surface area contributed by atoms with Gasteiger partial charge in [-0.3, -0.25) is 0 Å². The Balaban J connectivity index is 0.00000261. The molecular formula is C19H24Cl2N2O3S. The fraction of sp³-hybridized carbons (Fsp3) is 0.368. The zero-order chi connectivity index (χ0) is 18.6. The minimum atomic E-state index is -3.47. The molecule has 8 heteroatoms. The third-order valence-electron chi connectivity index (χ3n) is 4.59. The number of nitrogens with zero attached hydrogens (tertiary/aromatic N) is 1. The maximum Gasteiger partial charge on any atom is 0.243 e. The standard InChI is InChI=1S/C19H23ClN2O3S.ClH/c1-21-14-15-10-12-22(13-11-15)26(23,24)17-8-6-16(7-9-17)25-19-5-3-2-4-18(19)20;/h2-9,15,21H,10-14H2,1H3;1H. The quantitative estimate of drug-likeness (QED) is 0.746. The number of hydrogen-bond donors (Lipinski definition) is 1. The number of rotatable bonds is 6. The van der Waals surface area contributed by atoms with Crippen molar-refractivity contribution in [3.8, 4) is 11.5 Å². The zero-order valence-corrected chi connectivity index (χ0v) is 17.5. The molecule has 148 valence electrons. The van der Waals surface area contributed by atoms with Gasteiger partial charge in [-0.15, -0.1) is 12.4 Å². The van der Waals surface area contributed by atoms with Gasteiger partial charge in [-0.1, -0.05) is 23.7 Å². The van der Waals surface area contributed by atoms with Crippen LogP contribution < -0.4 is 10.1 Å². The number of hydrogen-bond acceptors (Lipinski definition) is 4. The van der Waals surface area contributed by atoms with Gasteiger partial charge in [0.2, 0.25) is 10.0 Å². The molecule has 0 aromatic heterocycles. The van der Waals surface area contributed by atoms with E-state index >= 15 is 0 Å². The molecule has 0 unspecified atom stereocenters. The van der Waals surface area contributed by atoms with Crippen LogP contribution in [0.15, 0.2) is 53.4 Å². The van der Waals surface area contributed by atoms with E-state index in [1.807, 2.05) is 19.2 Å². The van der Waals surface area contributed by atoms with E-state index in [1.165, 1.54) is 0 Å². The average Bonchev–Trinajstić information content (AvgIpc) is 2.65. The SMILES string of the molecule is CNCC1CCN(S(=O)(=O)c2ccc(Oc3ccccc3Cl)cc2)CC1.Cl. The molecule has 2 aromatic rings. The molecule has 0 radical (unpaired) electrons. The van der Waals surface area contributed by atoms with Gasteiger partial charge in [0.25, 0.3) is 0 Å². The lowest BCUT2D eigenvalue weighted by atomic mass is 9.98. The molecule has 0 saturated carbocycles. The first-order valence-corrected chi connectivity index (χ1v) is 10.5. The molecule has 0 amide bonds. The third-order valence-corrected chi connectivity index (χ3v) is 6.82. The van der Waals surface area contributed by atoms with E-state index in [1.54, 1.807) is 40.7 Å². The summed E-state index contributed by atoms with van der Waals surface area (Å²) in [5.41, 5.74) is 0. The topological polar surface area (TPSA) is 58.6 Å². The fourth-order valence-corrected chi connectivity index (χ4v) is 4.77. The van der Waals surface area contributed by atoms with E-state index in [9.17, 15) is 8.42 Å². The molecule has 1 aliphatic rings. The van der Waals surface area contributed by atoms with Crippen LogP contribution in [-0.4, -0.2) is 39.4 Å². The summed E-state index contributed by atoms with van der Waals surface area (Å²) in [6.07, 6.45) is 1.77. The zero-order valence-electron chi connectivity index (χ0n) is 15.1. The highest BCUT2D eigenvalue weighted by Gasteiger charge is 2.29. The molecule has 0 atom stereocenters. The largest absolute Gasteiger partial charge is 0.456 e. The molecule has 0 bridgehead atoms. The van der Waals surface area contributed by atoms with Crippen molar-refractivity contribution >= 4 is 34.0 Å². The average molecular weight is 431 g/mol. The van der Waals surface area contributed by atoms with E-state index in [0.717, 1.165) is 19.4 Å². The number of para-hydroxylation sites is 1. The smallest absolute Gasteiger partial charge is 0.243 e. The van der Waals surface area contributed by atoms with Gasteiger partial charge in [0.15, 0.2) is 0 Å². The van der Waals surface area contributed by atoms with Crippen molar-refractivity contribution in [3.05, 3.63) is 53.6 Å². The summed E-state index contributed by atoms with van der Waals surface area (Å²) >= 11 is 6.08. The number of ether oxygens (including phenoxy) is 1. The van der Waals surface area contributed by atoms with Crippen LogP contribution in [0.3, 0.4) is 0 Å². The summed E-state index contributed by atoms with van der Waals surface area (Å²) in [5.74, 6) is 1.62. The Morgan fingerprint density at radius 2 is 1.74 bits per heavy atom. The number of halogens is 2. The Morgan fingerprint density at radius 3 is 2.33 bits per heavy atom. The second-order valence-electron chi connectivity index (χ2n) is 6.41. The van der Waals surface area contributed by atoms with Gasteiger partial charge in [0.05, 0.1) is 9.92 Å². The molecule has 1 aliphatic heterocycles. The van der Waals surface area contributed by atoms with Gasteiger partial charge in [-0.25, -0.2) is 8.42 Å². The molecule has 3 rings (SSSR count). The number of nitrogens with one attached hydrogen (secondary N) is 1. The molecule has 2 aromatic carbocycles. The molecular weight excluding hydrogens is 407 g/mol. The Kier molecular flexibility index (Phi) is 7.94. The first kappa shape index (κ1) is 22.0. The fourth-order valence-electron chi connectivity index (χ4n) is 3.13. The van der Waals surface area contributed by atoms with Crippen molar-refractivity contribution < 1.29 is 13.2 Å². The second kappa shape index (κ2) is 9.75. The first-order valence-electron chi connectivity index (χ1n) is 8.68. The van der Waals surface area contributed by atoms with Crippen LogP contribution in [-0.2, 0) is 10.0 Å². The summed E-state index contributed by atoms with van der Waals surface area (Å²) in [4.78, 5) is 0.288.